The lowest BCUT2D eigenvalue weighted by Gasteiger charge is -2.08. The summed E-state index contributed by atoms with van der Waals surface area (Å²) >= 11 is 1.56. The van der Waals surface area contributed by atoms with Crippen LogP contribution < -0.4 is 11.1 Å². The number of anilines is 2. The van der Waals surface area contributed by atoms with Crippen LogP contribution in [0.5, 0.6) is 0 Å². The molecule has 0 fully saturated rings. The van der Waals surface area contributed by atoms with E-state index in [0.717, 1.165) is 12.1 Å². The van der Waals surface area contributed by atoms with Crippen LogP contribution >= 0.6 is 11.3 Å². The molecule has 1 heterocycles. The molecule has 0 saturated carbocycles. The van der Waals surface area contributed by atoms with Gasteiger partial charge in [0.25, 0.3) is 5.69 Å². The molecule has 0 amide bonds. The molecular formula is C11H12N4O2S. The van der Waals surface area contributed by atoms with E-state index in [9.17, 15) is 10.1 Å². The summed E-state index contributed by atoms with van der Waals surface area (Å²) in [7, 11) is 0. The summed E-state index contributed by atoms with van der Waals surface area (Å²) in [6.45, 7) is 0.686. The number of nitrogen functional groups attached to an aromatic ring is 1. The summed E-state index contributed by atoms with van der Waals surface area (Å²) in [5.41, 5.74) is 9.63. The lowest BCUT2D eigenvalue weighted by Crippen LogP contribution is -2.07. The van der Waals surface area contributed by atoms with Crippen LogP contribution in [0.2, 0.25) is 0 Å². The van der Waals surface area contributed by atoms with Crippen molar-refractivity contribution in [2.45, 2.75) is 6.42 Å². The summed E-state index contributed by atoms with van der Waals surface area (Å²) in [6.07, 6.45) is 0.792. The Morgan fingerprint density at radius 1 is 1.50 bits per heavy atom. The highest BCUT2D eigenvalue weighted by Crippen LogP contribution is 2.23. The van der Waals surface area contributed by atoms with Gasteiger partial charge < -0.3 is 11.1 Å². The first-order chi connectivity index (χ1) is 8.66. The van der Waals surface area contributed by atoms with E-state index in [0.29, 0.717) is 17.9 Å². The standard InChI is InChI=1S/C11H12N4O2S/c12-10-5-9(15(16)17)1-2-11(10)13-4-3-8-6-18-7-14-8/h1-2,5-7,13H,3-4,12H2. The van der Waals surface area contributed by atoms with Crippen molar-refractivity contribution in [3.63, 3.8) is 0 Å². The average Bonchev–Trinajstić information content (AvgIpc) is 2.84. The van der Waals surface area contributed by atoms with Gasteiger partial charge in [0, 0.05) is 30.5 Å². The number of nitrogens with one attached hydrogen (secondary N) is 1. The molecule has 18 heavy (non-hydrogen) atoms. The number of nitrogens with two attached hydrogens (primary N) is 1. The summed E-state index contributed by atoms with van der Waals surface area (Å²) in [5.74, 6) is 0. The molecule has 0 spiro atoms. The van der Waals surface area contributed by atoms with Gasteiger partial charge in [-0.15, -0.1) is 11.3 Å². The summed E-state index contributed by atoms with van der Waals surface area (Å²) in [4.78, 5) is 14.3. The Morgan fingerprint density at radius 2 is 2.33 bits per heavy atom. The number of nitro groups is 1. The van der Waals surface area contributed by atoms with Gasteiger partial charge in [-0.25, -0.2) is 4.98 Å². The highest BCUT2D eigenvalue weighted by atomic mass is 32.1. The maximum absolute atomic E-state index is 10.6. The van der Waals surface area contributed by atoms with Crippen molar-refractivity contribution in [3.05, 3.63) is 44.9 Å². The third-order valence-electron chi connectivity index (χ3n) is 2.43. The molecule has 0 saturated heterocycles. The van der Waals surface area contributed by atoms with Gasteiger partial charge in [0.15, 0.2) is 0 Å². The molecule has 2 aromatic rings. The van der Waals surface area contributed by atoms with Crippen molar-refractivity contribution < 1.29 is 4.92 Å². The maximum atomic E-state index is 10.6. The summed E-state index contributed by atoms with van der Waals surface area (Å²) < 4.78 is 0. The number of nitro benzene ring substituents is 1. The van der Waals surface area contributed by atoms with Crippen LogP contribution in [0.15, 0.2) is 29.1 Å². The van der Waals surface area contributed by atoms with Gasteiger partial charge in [-0.1, -0.05) is 0 Å². The molecule has 0 bridgehead atoms. The van der Waals surface area contributed by atoms with Gasteiger partial charge in [-0.05, 0) is 6.07 Å². The molecule has 0 aliphatic rings. The van der Waals surface area contributed by atoms with E-state index in [1.165, 1.54) is 12.1 Å². The molecule has 94 valence electrons. The molecule has 7 heteroatoms. The second-order valence-corrected chi connectivity index (χ2v) is 4.40. The zero-order valence-electron chi connectivity index (χ0n) is 9.50. The average molecular weight is 264 g/mol. The number of hydrogen-bond acceptors (Lipinski definition) is 6. The lowest BCUT2D eigenvalue weighted by molar-refractivity contribution is -0.384. The molecule has 1 aromatic heterocycles. The van der Waals surface area contributed by atoms with Gasteiger partial charge in [0.1, 0.15) is 0 Å². The second-order valence-electron chi connectivity index (χ2n) is 3.69. The number of benzene rings is 1. The maximum Gasteiger partial charge on any atom is 0.271 e. The Balaban J connectivity index is 1.95. The molecular weight excluding hydrogens is 252 g/mol. The van der Waals surface area contributed by atoms with Crippen LogP contribution in [-0.2, 0) is 6.42 Å². The minimum absolute atomic E-state index is 0.00227. The predicted octanol–water partition coefficient (Wildman–Crippen LogP) is 2.29. The van der Waals surface area contributed by atoms with Crippen molar-refractivity contribution in [1.82, 2.24) is 4.98 Å². The van der Waals surface area contributed by atoms with E-state index < -0.39 is 4.92 Å². The highest BCUT2D eigenvalue weighted by molar-refractivity contribution is 7.07. The third-order valence-corrected chi connectivity index (χ3v) is 3.06. The minimum atomic E-state index is -0.463. The fourth-order valence-corrected chi connectivity index (χ4v) is 2.10. The first-order valence-corrected chi connectivity index (χ1v) is 6.26. The van der Waals surface area contributed by atoms with E-state index >= 15 is 0 Å². The zero-order chi connectivity index (χ0) is 13.0. The first kappa shape index (κ1) is 12.3. The van der Waals surface area contributed by atoms with Crippen LogP contribution in [0.1, 0.15) is 5.69 Å². The Morgan fingerprint density at radius 3 is 2.94 bits per heavy atom. The van der Waals surface area contributed by atoms with Gasteiger partial charge >= 0.3 is 0 Å². The fraction of sp³-hybridized carbons (Fsp3) is 0.182. The van der Waals surface area contributed by atoms with Crippen LogP contribution in [0.25, 0.3) is 0 Å². The topological polar surface area (TPSA) is 94.1 Å². The van der Waals surface area contributed by atoms with Crippen LogP contribution in [0, 0.1) is 10.1 Å². The van der Waals surface area contributed by atoms with Crippen molar-refractivity contribution >= 4 is 28.4 Å². The Labute approximate surface area is 108 Å². The molecule has 0 unspecified atom stereocenters. The van der Waals surface area contributed by atoms with Gasteiger partial charge in [0.2, 0.25) is 0 Å². The fourth-order valence-electron chi connectivity index (χ4n) is 1.51. The van der Waals surface area contributed by atoms with Crippen LogP contribution in [0.3, 0.4) is 0 Å². The summed E-state index contributed by atoms with van der Waals surface area (Å²) in [5, 5.41) is 15.7. The number of non-ortho nitro benzene ring substituents is 1. The molecule has 0 aliphatic carbocycles. The van der Waals surface area contributed by atoms with Crippen molar-refractivity contribution in [2.75, 3.05) is 17.6 Å². The lowest BCUT2D eigenvalue weighted by atomic mass is 10.2. The Kier molecular flexibility index (Phi) is 3.73. The second kappa shape index (κ2) is 5.46. The molecule has 1 aromatic carbocycles. The third kappa shape index (κ3) is 2.95. The predicted molar refractivity (Wildman–Crippen MR) is 71.8 cm³/mol. The van der Waals surface area contributed by atoms with Crippen molar-refractivity contribution in [1.29, 1.82) is 0 Å². The van der Waals surface area contributed by atoms with Gasteiger partial charge in [-0.3, -0.25) is 10.1 Å². The largest absolute Gasteiger partial charge is 0.397 e. The Hall–Kier alpha value is -2.15. The number of rotatable bonds is 5. The van der Waals surface area contributed by atoms with Crippen molar-refractivity contribution in [2.24, 2.45) is 0 Å². The van der Waals surface area contributed by atoms with Crippen molar-refractivity contribution in [3.8, 4) is 0 Å². The van der Waals surface area contributed by atoms with E-state index in [2.05, 4.69) is 10.3 Å². The van der Waals surface area contributed by atoms with E-state index in [4.69, 9.17) is 5.73 Å². The normalized spacial score (nSPS) is 10.2. The number of nitrogens with zero attached hydrogens (tertiary/aromatic N) is 2. The SMILES string of the molecule is Nc1cc([N+](=O)[O-])ccc1NCCc1cscn1. The number of thiazole rings is 1. The van der Waals surface area contributed by atoms with E-state index in [-0.39, 0.29) is 5.69 Å². The van der Waals surface area contributed by atoms with Crippen LogP contribution in [0.4, 0.5) is 17.1 Å². The molecule has 0 radical (unpaired) electrons. The monoisotopic (exact) mass is 264 g/mol. The summed E-state index contributed by atoms with van der Waals surface area (Å²) in [6, 6.07) is 4.40. The molecule has 0 aliphatic heterocycles. The number of hydrogen-bond donors (Lipinski definition) is 2. The molecule has 0 atom stereocenters. The van der Waals surface area contributed by atoms with Gasteiger partial charge in [-0.2, -0.15) is 0 Å². The quantitative estimate of drug-likeness (QED) is 0.491. The first-order valence-electron chi connectivity index (χ1n) is 5.31. The highest BCUT2D eigenvalue weighted by Gasteiger charge is 2.08. The van der Waals surface area contributed by atoms with E-state index in [1.807, 2.05) is 5.38 Å². The zero-order valence-corrected chi connectivity index (χ0v) is 10.3. The smallest absolute Gasteiger partial charge is 0.271 e. The minimum Gasteiger partial charge on any atom is -0.397 e. The van der Waals surface area contributed by atoms with Crippen LogP contribution in [-0.4, -0.2) is 16.5 Å². The van der Waals surface area contributed by atoms with Gasteiger partial charge in [0.05, 0.1) is 27.5 Å². The number of aromatic nitrogens is 1. The molecule has 3 N–H and O–H groups in total. The molecule has 6 nitrogen and oxygen atoms in total. The van der Waals surface area contributed by atoms with E-state index in [1.54, 1.807) is 22.9 Å². The molecule has 2 rings (SSSR count). The Bertz CT molecular complexity index is 542.